The number of nitrogens with one attached hydrogen (secondary N) is 1. The zero-order chi connectivity index (χ0) is 13.7. The molecule has 1 atom stereocenters. The second-order valence-electron chi connectivity index (χ2n) is 4.50. The molecule has 1 aromatic carbocycles. The van der Waals surface area contributed by atoms with Crippen LogP contribution in [0.3, 0.4) is 0 Å². The number of aryl methyl sites for hydroxylation is 1. The van der Waals surface area contributed by atoms with Crippen molar-refractivity contribution < 1.29 is 4.74 Å². The maximum Gasteiger partial charge on any atom is 0.118 e. The Kier molecular flexibility index (Phi) is 4.49. The highest BCUT2D eigenvalue weighted by Gasteiger charge is 2.13. The first-order chi connectivity index (χ1) is 9.24. The van der Waals surface area contributed by atoms with Crippen LogP contribution in [-0.4, -0.2) is 12.1 Å². The van der Waals surface area contributed by atoms with Crippen LogP contribution >= 0.6 is 0 Å². The maximum absolute atomic E-state index is 5.68. The summed E-state index contributed by atoms with van der Waals surface area (Å²) in [5.74, 6) is 6.53. The molecule has 4 heteroatoms. The summed E-state index contributed by atoms with van der Waals surface area (Å²) in [7, 11) is 1.66. The number of aromatic nitrogens is 1. The molecule has 0 fully saturated rings. The predicted molar refractivity (Wildman–Crippen MR) is 75.7 cm³/mol. The molecule has 0 saturated carbocycles. The lowest BCUT2D eigenvalue weighted by Crippen LogP contribution is -2.30. The quantitative estimate of drug-likeness (QED) is 0.636. The van der Waals surface area contributed by atoms with Crippen LogP contribution in [0, 0.1) is 6.92 Å². The fourth-order valence-electron chi connectivity index (χ4n) is 2.10. The summed E-state index contributed by atoms with van der Waals surface area (Å²) in [6.07, 6.45) is 4.47. The Morgan fingerprint density at radius 1 is 1.26 bits per heavy atom. The van der Waals surface area contributed by atoms with Gasteiger partial charge in [-0.05, 0) is 48.2 Å². The summed E-state index contributed by atoms with van der Waals surface area (Å²) in [4.78, 5) is 4.17. The Bertz CT molecular complexity index is 525. The van der Waals surface area contributed by atoms with Crippen molar-refractivity contribution in [3.8, 4) is 5.75 Å². The largest absolute Gasteiger partial charge is 0.497 e. The first-order valence-electron chi connectivity index (χ1n) is 6.24. The number of ether oxygens (including phenoxy) is 1. The number of hydrogen-bond donors (Lipinski definition) is 2. The van der Waals surface area contributed by atoms with Gasteiger partial charge in [0.25, 0.3) is 0 Å². The lowest BCUT2D eigenvalue weighted by atomic mass is 9.97. The van der Waals surface area contributed by atoms with Crippen molar-refractivity contribution in [2.45, 2.75) is 19.4 Å². The van der Waals surface area contributed by atoms with Gasteiger partial charge in [0.1, 0.15) is 5.75 Å². The van der Waals surface area contributed by atoms with E-state index in [0.29, 0.717) is 0 Å². The zero-order valence-electron chi connectivity index (χ0n) is 11.3. The van der Waals surface area contributed by atoms with E-state index in [1.807, 2.05) is 24.4 Å². The number of rotatable bonds is 5. The van der Waals surface area contributed by atoms with Crippen LogP contribution in [0.25, 0.3) is 0 Å². The van der Waals surface area contributed by atoms with Gasteiger partial charge in [-0.25, -0.2) is 0 Å². The van der Waals surface area contributed by atoms with Crippen molar-refractivity contribution in [2.24, 2.45) is 5.84 Å². The second kappa shape index (κ2) is 6.31. The van der Waals surface area contributed by atoms with E-state index >= 15 is 0 Å². The van der Waals surface area contributed by atoms with Crippen LogP contribution in [0.2, 0.25) is 0 Å². The lowest BCUT2D eigenvalue weighted by Gasteiger charge is -2.18. The Morgan fingerprint density at radius 2 is 2.00 bits per heavy atom. The summed E-state index contributed by atoms with van der Waals surface area (Å²) in [5.41, 5.74) is 6.38. The van der Waals surface area contributed by atoms with Gasteiger partial charge in [-0.15, -0.1) is 0 Å². The first kappa shape index (κ1) is 13.5. The molecule has 0 saturated heterocycles. The minimum Gasteiger partial charge on any atom is -0.497 e. The predicted octanol–water partition coefficient (Wildman–Crippen LogP) is 2.15. The average molecular weight is 257 g/mol. The van der Waals surface area contributed by atoms with Gasteiger partial charge in [0, 0.05) is 12.4 Å². The Balaban J connectivity index is 2.17. The normalized spacial score (nSPS) is 12.2. The smallest absolute Gasteiger partial charge is 0.118 e. The molecule has 0 aliphatic carbocycles. The standard InChI is InChI=1S/C15H19N3O/c1-11-7-8-17-10-14(11)15(18-16)9-12-3-5-13(19-2)6-4-12/h3-8,10,15,18H,9,16H2,1-2H3. The van der Waals surface area contributed by atoms with Crippen molar-refractivity contribution in [3.05, 3.63) is 59.4 Å². The van der Waals surface area contributed by atoms with Gasteiger partial charge in [-0.1, -0.05) is 12.1 Å². The summed E-state index contributed by atoms with van der Waals surface area (Å²) in [6.45, 7) is 2.06. The SMILES string of the molecule is COc1ccc(CC(NN)c2cnccc2C)cc1. The molecule has 2 aromatic rings. The second-order valence-corrected chi connectivity index (χ2v) is 4.50. The number of benzene rings is 1. The first-order valence-corrected chi connectivity index (χ1v) is 6.24. The van der Waals surface area contributed by atoms with Crippen molar-refractivity contribution in [1.82, 2.24) is 10.4 Å². The third-order valence-corrected chi connectivity index (χ3v) is 3.26. The molecular weight excluding hydrogens is 238 g/mol. The van der Waals surface area contributed by atoms with Crippen LogP contribution in [0.1, 0.15) is 22.7 Å². The molecule has 0 aliphatic rings. The van der Waals surface area contributed by atoms with E-state index in [1.54, 1.807) is 13.3 Å². The van der Waals surface area contributed by atoms with Gasteiger partial charge in [-0.2, -0.15) is 0 Å². The molecule has 0 bridgehead atoms. The van der Waals surface area contributed by atoms with Crippen molar-refractivity contribution in [3.63, 3.8) is 0 Å². The van der Waals surface area contributed by atoms with Gasteiger partial charge in [0.15, 0.2) is 0 Å². The van der Waals surface area contributed by atoms with Crippen molar-refractivity contribution >= 4 is 0 Å². The van der Waals surface area contributed by atoms with Crippen molar-refractivity contribution in [2.75, 3.05) is 7.11 Å². The van der Waals surface area contributed by atoms with E-state index < -0.39 is 0 Å². The highest BCUT2D eigenvalue weighted by Crippen LogP contribution is 2.21. The van der Waals surface area contributed by atoms with Gasteiger partial charge < -0.3 is 4.74 Å². The van der Waals surface area contributed by atoms with Crippen LogP contribution in [0.5, 0.6) is 5.75 Å². The van der Waals surface area contributed by atoms with E-state index in [0.717, 1.165) is 17.7 Å². The number of nitrogens with two attached hydrogens (primary N) is 1. The molecule has 0 amide bonds. The van der Waals surface area contributed by atoms with Gasteiger partial charge >= 0.3 is 0 Å². The summed E-state index contributed by atoms with van der Waals surface area (Å²) in [5, 5.41) is 0. The van der Waals surface area contributed by atoms with Gasteiger partial charge in [0.05, 0.1) is 13.2 Å². The Labute approximate surface area is 113 Å². The van der Waals surface area contributed by atoms with Crippen LogP contribution in [0.15, 0.2) is 42.7 Å². The highest BCUT2D eigenvalue weighted by molar-refractivity contribution is 5.31. The summed E-state index contributed by atoms with van der Waals surface area (Å²) < 4.78 is 5.15. The number of hydrazine groups is 1. The molecular formula is C15H19N3O. The summed E-state index contributed by atoms with van der Waals surface area (Å²) in [6, 6.07) is 10.1. The fourth-order valence-corrected chi connectivity index (χ4v) is 2.10. The molecule has 0 aliphatic heterocycles. The van der Waals surface area contributed by atoms with Crippen LogP contribution < -0.4 is 16.0 Å². The Morgan fingerprint density at radius 3 is 2.58 bits per heavy atom. The van der Waals surface area contributed by atoms with Crippen LogP contribution in [-0.2, 0) is 6.42 Å². The summed E-state index contributed by atoms with van der Waals surface area (Å²) >= 11 is 0. The minimum atomic E-state index is 0.0575. The third kappa shape index (κ3) is 3.30. The minimum absolute atomic E-state index is 0.0575. The van der Waals surface area contributed by atoms with Gasteiger partial charge in [-0.3, -0.25) is 16.3 Å². The topological polar surface area (TPSA) is 60.2 Å². The molecule has 4 nitrogen and oxygen atoms in total. The van der Waals surface area contributed by atoms with Crippen molar-refractivity contribution in [1.29, 1.82) is 0 Å². The lowest BCUT2D eigenvalue weighted by molar-refractivity contribution is 0.414. The maximum atomic E-state index is 5.68. The van der Waals surface area contributed by atoms with E-state index in [2.05, 4.69) is 29.5 Å². The molecule has 0 spiro atoms. The molecule has 3 N–H and O–H groups in total. The third-order valence-electron chi connectivity index (χ3n) is 3.26. The monoisotopic (exact) mass is 257 g/mol. The van der Waals surface area contributed by atoms with E-state index in [-0.39, 0.29) is 6.04 Å². The molecule has 2 rings (SSSR count). The van der Waals surface area contributed by atoms with E-state index in [9.17, 15) is 0 Å². The van der Waals surface area contributed by atoms with Crippen LogP contribution in [0.4, 0.5) is 0 Å². The van der Waals surface area contributed by atoms with Gasteiger partial charge in [0.2, 0.25) is 0 Å². The molecule has 1 unspecified atom stereocenters. The molecule has 100 valence electrons. The zero-order valence-corrected chi connectivity index (χ0v) is 11.3. The number of methoxy groups -OCH3 is 1. The fraction of sp³-hybridized carbons (Fsp3) is 0.267. The number of nitrogens with zero attached hydrogens (tertiary/aromatic N) is 1. The highest BCUT2D eigenvalue weighted by atomic mass is 16.5. The molecule has 19 heavy (non-hydrogen) atoms. The average Bonchev–Trinajstić information content (AvgIpc) is 2.46. The molecule has 0 radical (unpaired) electrons. The molecule has 1 heterocycles. The van der Waals surface area contributed by atoms with E-state index in [4.69, 9.17) is 10.6 Å². The number of hydrogen-bond acceptors (Lipinski definition) is 4. The van der Waals surface area contributed by atoms with E-state index in [1.165, 1.54) is 11.1 Å². The number of pyridine rings is 1. The molecule has 1 aromatic heterocycles. The Hall–Kier alpha value is -1.91.